The van der Waals surface area contributed by atoms with Crippen molar-refractivity contribution in [2.75, 3.05) is 12.8 Å². The zero-order chi connectivity index (χ0) is 14.8. The monoisotopic (exact) mass is 270 g/mol. The molecule has 0 aliphatic carbocycles. The van der Waals surface area contributed by atoms with Gasteiger partial charge < -0.3 is 10.5 Å². The minimum absolute atomic E-state index is 0.744. The lowest BCUT2D eigenvalue weighted by Crippen LogP contribution is -1.84. The molecule has 2 N–H and O–H groups in total. The van der Waals surface area contributed by atoms with Crippen LogP contribution in [0, 0.1) is 0 Å². The van der Waals surface area contributed by atoms with E-state index in [0.29, 0.717) is 0 Å². The molecule has 0 atom stereocenters. The first-order valence-electron chi connectivity index (χ1n) is 6.73. The fourth-order valence-electron chi connectivity index (χ4n) is 1.40. The predicted octanol–water partition coefficient (Wildman–Crippen LogP) is 4.44. The summed E-state index contributed by atoms with van der Waals surface area (Å²) < 4.78 is 5.09. The van der Waals surface area contributed by atoms with Crippen LogP contribution in [-0.2, 0) is 0 Å². The van der Waals surface area contributed by atoms with E-state index in [9.17, 15) is 0 Å². The maximum atomic E-state index is 5.60. The molecular formula is C17H22N2O. The molecule has 0 saturated heterocycles. The predicted molar refractivity (Wildman–Crippen MR) is 87.1 cm³/mol. The summed E-state index contributed by atoms with van der Waals surface area (Å²) in [5, 5.41) is 0. The molecule has 0 aliphatic rings. The molecule has 3 heteroatoms. The zero-order valence-electron chi connectivity index (χ0n) is 12.3. The van der Waals surface area contributed by atoms with E-state index in [0.717, 1.165) is 22.7 Å². The Labute approximate surface area is 121 Å². The average Bonchev–Trinajstić information content (AvgIpc) is 2.48. The standard InChI is InChI=1S/C14H14N2O.C3H8/c1-17-14-8-2-11(3-9-14)10-16-13-6-4-12(15)5-7-13;1-3-2/h2-10H,15H2,1H3;3H2,1-2H3. The van der Waals surface area contributed by atoms with Gasteiger partial charge in [-0.1, -0.05) is 20.3 Å². The van der Waals surface area contributed by atoms with Crippen molar-refractivity contribution in [3.8, 4) is 5.75 Å². The smallest absolute Gasteiger partial charge is 0.118 e. The number of hydrogen-bond donors (Lipinski definition) is 1. The van der Waals surface area contributed by atoms with Gasteiger partial charge in [0.2, 0.25) is 0 Å². The van der Waals surface area contributed by atoms with Gasteiger partial charge in [0.15, 0.2) is 0 Å². The van der Waals surface area contributed by atoms with E-state index in [1.165, 1.54) is 6.42 Å². The molecule has 0 radical (unpaired) electrons. The Kier molecular flexibility index (Phi) is 6.90. The molecule has 0 aliphatic heterocycles. The summed E-state index contributed by atoms with van der Waals surface area (Å²) in [6.07, 6.45) is 3.06. The van der Waals surface area contributed by atoms with E-state index in [1.54, 1.807) is 7.11 Å². The molecule has 3 nitrogen and oxygen atoms in total. The molecule has 2 aromatic rings. The van der Waals surface area contributed by atoms with Crippen molar-refractivity contribution < 1.29 is 4.74 Å². The summed E-state index contributed by atoms with van der Waals surface area (Å²) >= 11 is 0. The number of rotatable bonds is 3. The highest BCUT2D eigenvalue weighted by atomic mass is 16.5. The summed E-state index contributed by atoms with van der Waals surface area (Å²) in [6, 6.07) is 15.2. The van der Waals surface area contributed by atoms with E-state index in [-0.39, 0.29) is 0 Å². The van der Waals surface area contributed by atoms with E-state index in [2.05, 4.69) is 18.8 Å². The van der Waals surface area contributed by atoms with E-state index in [4.69, 9.17) is 10.5 Å². The minimum Gasteiger partial charge on any atom is -0.497 e. The Morgan fingerprint density at radius 1 is 1.00 bits per heavy atom. The van der Waals surface area contributed by atoms with Crippen molar-refractivity contribution >= 4 is 17.6 Å². The Hall–Kier alpha value is -2.29. The normalized spacial score (nSPS) is 9.95. The van der Waals surface area contributed by atoms with Crippen LogP contribution in [-0.4, -0.2) is 13.3 Å². The molecule has 0 bridgehead atoms. The minimum atomic E-state index is 0.744. The van der Waals surface area contributed by atoms with Gasteiger partial charge in [0, 0.05) is 11.9 Å². The SMILES string of the molecule is CCC.COc1ccc(C=Nc2ccc(N)cc2)cc1. The summed E-state index contributed by atoms with van der Waals surface area (Å²) in [5.74, 6) is 0.842. The molecule has 106 valence electrons. The molecule has 0 spiro atoms. The Balaban J connectivity index is 0.000000612. The van der Waals surface area contributed by atoms with Crippen molar-refractivity contribution in [1.82, 2.24) is 0 Å². The van der Waals surface area contributed by atoms with Crippen LogP contribution in [0.25, 0.3) is 0 Å². The second-order valence-electron chi connectivity index (χ2n) is 4.33. The van der Waals surface area contributed by atoms with Gasteiger partial charge in [-0.3, -0.25) is 4.99 Å². The molecule has 0 unspecified atom stereocenters. The molecule has 0 aromatic heterocycles. The molecule has 20 heavy (non-hydrogen) atoms. The van der Waals surface area contributed by atoms with Crippen molar-refractivity contribution in [1.29, 1.82) is 0 Å². The van der Waals surface area contributed by atoms with Gasteiger partial charge in [0.05, 0.1) is 12.8 Å². The number of benzene rings is 2. The van der Waals surface area contributed by atoms with Gasteiger partial charge in [-0.2, -0.15) is 0 Å². The lowest BCUT2D eigenvalue weighted by Gasteiger charge is -1.99. The summed E-state index contributed by atoms with van der Waals surface area (Å²) in [7, 11) is 1.65. The third kappa shape index (κ3) is 5.57. The number of hydrogen-bond acceptors (Lipinski definition) is 3. The summed E-state index contributed by atoms with van der Waals surface area (Å²) in [4.78, 5) is 4.35. The van der Waals surface area contributed by atoms with Crippen LogP contribution in [0.2, 0.25) is 0 Å². The maximum absolute atomic E-state index is 5.60. The van der Waals surface area contributed by atoms with Crippen LogP contribution >= 0.6 is 0 Å². The lowest BCUT2D eigenvalue weighted by molar-refractivity contribution is 0.415. The van der Waals surface area contributed by atoms with Crippen LogP contribution in [0.15, 0.2) is 53.5 Å². The van der Waals surface area contributed by atoms with Gasteiger partial charge in [-0.25, -0.2) is 0 Å². The highest BCUT2D eigenvalue weighted by Crippen LogP contribution is 2.15. The number of nitrogen functional groups attached to an aromatic ring is 1. The largest absolute Gasteiger partial charge is 0.497 e. The van der Waals surface area contributed by atoms with Gasteiger partial charge in [0.1, 0.15) is 5.75 Å². The van der Waals surface area contributed by atoms with Crippen LogP contribution in [0.5, 0.6) is 5.75 Å². The molecule has 0 heterocycles. The van der Waals surface area contributed by atoms with Gasteiger partial charge >= 0.3 is 0 Å². The van der Waals surface area contributed by atoms with Crippen LogP contribution < -0.4 is 10.5 Å². The molecule has 2 aromatic carbocycles. The number of methoxy groups -OCH3 is 1. The fraction of sp³-hybridized carbons (Fsp3) is 0.235. The van der Waals surface area contributed by atoms with E-state index in [1.807, 2.05) is 54.7 Å². The van der Waals surface area contributed by atoms with Crippen molar-refractivity contribution in [3.63, 3.8) is 0 Å². The molecule has 0 fully saturated rings. The first kappa shape index (κ1) is 15.8. The molecular weight excluding hydrogens is 248 g/mol. The number of anilines is 1. The highest BCUT2D eigenvalue weighted by Gasteiger charge is 1.91. The van der Waals surface area contributed by atoms with E-state index >= 15 is 0 Å². The number of nitrogens with two attached hydrogens (primary N) is 1. The van der Waals surface area contributed by atoms with Gasteiger partial charge in [-0.15, -0.1) is 0 Å². The summed E-state index contributed by atoms with van der Waals surface area (Å²) in [6.45, 7) is 4.25. The highest BCUT2D eigenvalue weighted by molar-refractivity contribution is 5.82. The molecule has 0 saturated carbocycles. The van der Waals surface area contributed by atoms with Crippen LogP contribution in [0.4, 0.5) is 11.4 Å². The number of ether oxygens (including phenoxy) is 1. The van der Waals surface area contributed by atoms with Crippen molar-refractivity contribution in [2.45, 2.75) is 20.3 Å². The number of aliphatic imine (C=N–C) groups is 1. The second kappa shape index (κ2) is 8.75. The first-order valence-corrected chi connectivity index (χ1v) is 6.73. The Morgan fingerprint density at radius 2 is 1.55 bits per heavy atom. The van der Waals surface area contributed by atoms with Gasteiger partial charge in [-0.05, 0) is 54.1 Å². The quantitative estimate of drug-likeness (QED) is 0.662. The number of nitrogens with zero attached hydrogens (tertiary/aromatic N) is 1. The summed E-state index contributed by atoms with van der Waals surface area (Å²) in [5.41, 5.74) is 8.26. The second-order valence-corrected chi connectivity index (χ2v) is 4.33. The van der Waals surface area contributed by atoms with Crippen LogP contribution in [0.1, 0.15) is 25.8 Å². The Bertz CT molecular complexity index is 516. The lowest BCUT2D eigenvalue weighted by atomic mass is 10.2. The third-order valence-corrected chi connectivity index (χ3v) is 2.37. The molecule has 2 rings (SSSR count). The van der Waals surface area contributed by atoms with Crippen LogP contribution in [0.3, 0.4) is 0 Å². The van der Waals surface area contributed by atoms with E-state index < -0.39 is 0 Å². The van der Waals surface area contributed by atoms with Crippen molar-refractivity contribution in [2.24, 2.45) is 4.99 Å². The average molecular weight is 270 g/mol. The first-order chi connectivity index (χ1) is 9.69. The maximum Gasteiger partial charge on any atom is 0.118 e. The zero-order valence-corrected chi connectivity index (χ0v) is 12.3. The van der Waals surface area contributed by atoms with Crippen molar-refractivity contribution in [3.05, 3.63) is 54.1 Å². The fourth-order valence-corrected chi connectivity index (χ4v) is 1.40. The molecule has 0 amide bonds. The third-order valence-electron chi connectivity index (χ3n) is 2.37. The topological polar surface area (TPSA) is 47.6 Å². The van der Waals surface area contributed by atoms with Gasteiger partial charge in [0.25, 0.3) is 0 Å². The Morgan fingerprint density at radius 3 is 2.05 bits per heavy atom.